The van der Waals surface area contributed by atoms with E-state index in [0.29, 0.717) is 18.6 Å². The van der Waals surface area contributed by atoms with Crippen molar-refractivity contribution in [2.24, 2.45) is 0 Å². The molecule has 2 N–H and O–H groups in total. The van der Waals surface area contributed by atoms with E-state index in [-0.39, 0.29) is 12.3 Å². The quantitative estimate of drug-likeness (QED) is 0.754. The van der Waals surface area contributed by atoms with Gasteiger partial charge in [0.05, 0.1) is 12.0 Å². The molecule has 0 aliphatic carbocycles. The Morgan fingerprint density at radius 2 is 2.31 bits per heavy atom. The van der Waals surface area contributed by atoms with Gasteiger partial charge in [0.15, 0.2) is 0 Å². The third-order valence-corrected chi connectivity index (χ3v) is 3.67. The molecule has 1 heterocycles. The van der Waals surface area contributed by atoms with Gasteiger partial charge >= 0.3 is 0 Å². The number of hydrogen-bond donors (Lipinski definition) is 2. The molecule has 0 saturated carbocycles. The predicted molar refractivity (Wildman–Crippen MR) is 60.4 cm³/mol. The Balaban J connectivity index is 2.31. The second-order valence-electron chi connectivity index (χ2n) is 3.53. The number of rotatable bonds is 7. The predicted octanol–water partition coefficient (Wildman–Crippen LogP) is 1.03. The molecule has 0 radical (unpaired) electrons. The number of aliphatic hydroxyl groups is 1. The van der Waals surface area contributed by atoms with Crippen molar-refractivity contribution in [2.75, 3.05) is 12.3 Å². The van der Waals surface area contributed by atoms with Crippen LogP contribution in [0.3, 0.4) is 0 Å². The zero-order valence-electron chi connectivity index (χ0n) is 9.22. The third kappa shape index (κ3) is 4.34. The Kier molecular flexibility index (Phi) is 4.98. The van der Waals surface area contributed by atoms with Gasteiger partial charge in [0.1, 0.15) is 11.9 Å². The average Bonchev–Trinajstić information content (AvgIpc) is 2.69. The second kappa shape index (κ2) is 6.03. The summed E-state index contributed by atoms with van der Waals surface area (Å²) in [6.45, 7) is 2.02. The molecule has 0 aliphatic rings. The molecule has 0 amide bonds. The molecule has 6 heteroatoms. The summed E-state index contributed by atoms with van der Waals surface area (Å²) in [6, 6.07) is 3.34. The topological polar surface area (TPSA) is 79.5 Å². The van der Waals surface area contributed by atoms with E-state index in [4.69, 9.17) is 4.42 Å². The zero-order chi connectivity index (χ0) is 12.0. The fourth-order valence-corrected chi connectivity index (χ4v) is 2.43. The van der Waals surface area contributed by atoms with Crippen LogP contribution in [0, 0.1) is 0 Å². The molecule has 0 aliphatic heterocycles. The Morgan fingerprint density at radius 1 is 1.56 bits per heavy atom. The molecule has 0 bridgehead atoms. The fraction of sp³-hybridized carbons (Fsp3) is 0.600. The van der Waals surface area contributed by atoms with Gasteiger partial charge in [-0.25, -0.2) is 13.1 Å². The van der Waals surface area contributed by atoms with Crippen molar-refractivity contribution in [3.05, 3.63) is 24.2 Å². The van der Waals surface area contributed by atoms with Crippen LogP contribution in [0.1, 0.15) is 31.6 Å². The maximum atomic E-state index is 11.3. The lowest BCUT2D eigenvalue weighted by Crippen LogP contribution is -2.28. The molecule has 5 nitrogen and oxygen atoms in total. The molecule has 0 fully saturated rings. The molecule has 0 spiro atoms. The van der Waals surface area contributed by atoms with E-state index in [0.717, 1.165) is 0 Å². The minimum atomic E-state index is -3.19. The monoisotopic (exact) mass is 247 g/mol. The summed E-state index contributed by atoms with van der Waals surface area (Å²) in [5, 5.41) is 9.61. The molecule has 0 saturated heterocycles. The number of nitrogens with one attached hydrogen (secondary N) is 1. The summed E-state index contributed by atoms with van der Waals surface area (Å²) >= 11 is 0. The van der Waals surface area contributed by atoms with Crippen molar-refractivity contribution in [1.82, 2.24) is 4.72 Å². The second-order valence-corrected chi connectivity index (χ2v) is 5.46. The van der Waals surface area contributed by atoms with Gasteiger partial charge in [-0.15, -0.1) is 0 Å². The SMILES string of the molecule is CCCS(=O)(=O)NCCC(O)c1ccco1. The van der Waals surface area contributed by atoms with E-state index < -0.39 is 16.1 Å². The van der Waals surface area contributed by atoms with Crippen molar-refractivity contribution in [1.29, 1.82) is 0 Å². The first-order valence-corrected chi connectivity index (χ1v) is 6.89. The Labute approximate surface area is 95.5 Å². The molecule has 16 heavy (non-hydrogen) atoms. The molecule has 1 unspecified atom stereocenters. The lowest BCUT2D eigenvalue weighted by atomic mass is 10.2. The summed E-state index contributed by atoms with van der Waals surface area (Å²) in [5.74, 6) is 0.568. The molecule has 92 valence electrons. The van der Waals surface area contributed by atoms with Crippen LogP contribution in [-0.2, 0) is 10.0 Å². The highest BCUT2D eigenvalue weighted by atomic mass is 32.2. The largest absolute Gasteiger partial charge is 0.467 e. The number of hydrogen-bond acceptors (Lipinski definition) is 4. The third-order valence-electron chi connectivity index (χ3n) is 2.08. The Bertz CT molecular complexity index is 385. The summed E-state index contributed by atoms with van der Waals surface area (Å²) < 4.78 is 30.0. The Morgan fingerprint density at radius 3 is 2.88 bits per heavy atom. The maximum absolute atomic E-state index is 11.3. The minimum Gasteiger partial charge on any atom is -0.467 e. The van der Waals surface area contributed by atoms with Crippen molar-refractivity contribution < 1.29 is 17.9 Å². The summed E-state index contributed by atoms with van der Waals surface area (Å²) in [5.41, 5.74) is 0. The van der Waals surface area contributed by atoms with Crippen molar-refractivity contribution in [2.45, 2.75) is 25.9 Å². The van der Waals surface area contributed by atoms with Gasteiger partial charge in [-0.2, -0.15) is 0 Å². The summed E-state index contributed by atoms with van der Waals surface area (Å²) in [7, 11) is -3.19. The summed E-state index contributed by atoms with van der Waals surface area (Å²) in [6.07, 6.45) is 1.59. The van der Waals surface area contributed by atoms with E-state index in [1.165, 1.54) is 6.26 Å². The highest BCUT2D eigenvalue weighted by molar-refractivity contribution is 7.89. The number of furan rings is 1. The van der Waals surface area contributed by atoms with Gasteiger partial charge in [0.25, 0.3) is 0 Å². The molecular formula is C10H17NO4S. The van der Waals surface area contributed by atoms with E-state index in [9.17, 15) is 13.5 Å². The van der Waals surface area contributed by atoms with Gasteiger partial charge < -0.3 is 9.52 Å². The molecule has 1 rings (SSSR count). The van der Waals surface area contributed by atoms with Crippen molar-refractivity contribution >= 4 is 10.0 Å². The van der Waals surface area contributed by atoms with Gasteiger partial charge in [0.2, 0.25) is 10.0 Å². The van der Waals surface area contributed by atoms with Gasteiger partial charge in [-0.1, -0.05) is 6.92 Å². The van der Waals surface area contributed by atoms with E-state index in [1.54, 1.807) is 19.1 Å². The first kappa shape index (κ1) is 13.2. The van der Waals surface area contributed by atoms with Gasteiger partial charge in [-0.3, -0.25) is 0 Å². The number of aliphatic hydroxyl groups excluding tert-OH is 1. The highest BCUT2D eigenvalue weighted by Gasteiger charge is 2.12. The molecule has 0 aromatic carbocycles. The number of sulfonamides is 1. The van der Waals surface area contributed by atoms with E-state index in [1.807, 2.05) is 0 Å². The van der Waals surface area contributed by atoms with Crippen LogP contribution in [0.4, 0.5) is 0 Å². The van der Waals surface area contributed by atoms with Crippen LogP contribution in [-0.4, -0.2) is 25.8 Å². The standard InChI is InChI=1S/C10H17NO4S/c1-2-8-16(13,14)11-6-5-9(12)10-4-3-7-15-10/h3-4,7,9,11-12H,2,5-6,8H2,1H3. The summed E-state index contributed by atoms with van der Waals surface area (Å²) in [4.78, 5) is 0. The fourth-order valence-electron chi connectivity index (χ4n) is 1.32. The van der Waals surface area contributed by atoms with Gasteiger partial charge in [0, 0.05) is 6.54 Å². The molecule has 1 aromatic heterocycles. The van der Waals surface area contributed by atoms with Crippen LogP contribution in [0.25, 0.3) is 0 Å². The Hall–Kier alpha value is -0.850. The van der Waals surface area contributed by atoms with E-state index in [2.05, 4.69) is 4.72 Å². The lowest BCUT2D eigenvalue weighted by molar-refractivity contribution is 0.142. The molecule has 1 atom stereocenters. The first-order valence-electron chi connectivity index (χ1n) is 5.24. The molecule has 1 aromatic rings. The zero-order valence-corrected chi connectivity index (χ0v) is 10.0. The van der Waals surface area contributed by atoms with Crippen LogP contribution in [0.2, 0.25) is 0 Å². The maximum Gasteiger partial charge on any atom is 0.211 e. The lowest BCUT2D eigenvalue weighted by Gasteiger charge is -2.08. The van der Waals surface area contributed by atoms with Gasteiger partial charge in [-0.05, 0) is 25.0 Å². The van der Waals surface area contributed by atoms with Crippen LogP contribution in [0.5, 0.6) is 0 Å². The van der Waals surface area contributed by atoms with Crippen LogP contribution in [0.15, 0.2) is 22.8 Å². The average molecular weight is 247 g/mol. The smallest absolute Gasteiger partial charge is 0.211 e. The highest BCUT2D eigenvalue weighted by Crippen LogP contribution is 2.15. The minimum absolute atomic E-state index is 0.115. The van der Waals surface area contributed by atoms with Crippen molar-refractivity contribution in [3.63, 3.8) is 0 Å². The van der Waals surface area contributed by atoms with E-state index >= 15 is 0 Å². The first-order chi connectivity index (χ1) is 7.55. The molecular weight excluding hydrogens is 230 g/mol. The van der Waals surface area contributed by atoms with Crippen LogP contribution >= 0.6 is 0 Å². The van der Waals surface area contributed by atoms with Crippen molar-refractivity contribution in [3.8, 4) is 0 Å². The van der Waals surface area contributed by atoms with Crippen LogP contribution < -0.4 is 4.72 Å². The normalized spacial score (nSPS) is 13.9.